The lowest BCUT2D eigenvalue weighted by Gasteiger charge is -1.94. The molecular formula is C17H26O. The highest BCUT2D eigenvalue weighted by atomic mass is 16.6. The molecule has 1 nitrogen and oxygen atoms in total. The summed E-state index contributed by atoms with van der Waals surface area (Å²) in [5.74, 6) is 12.6. The molecule has 0 amide bonds. The summed E-state index contributed by atoms with van der Waals surface area (Å²) in [6.07, 6.45) is 11.3. The van der Waals surface area contributed by atoms with Gasteiger partial charge in [0.15, 0.2) is 0 Å². The molecule has 0 unspecified atom stereocenters. The maximum atomic E-state index is 5.42. The normalized spacial score (nSPS) is 20.6. The Kier molecular flexibility index (Phi) is 8.45. The average molecular weight is 246 g/mol. The molecule has 0 aliphatic carbocycles. The number of hydrogen-bond acceptors (Lipinski definition) is 1. The first-order valence-corrected chi connectivity index (χ1v) is 7.45. The minimum absolute atomic E-state index is 0.411. The molecule has 1 heterocycles. The summed E-state index contributed by atoms with van der Waals surface area (Å²) in [5.41, 5.74) is 0. The molecule has 100 valence electrons. The van der Waals surface area contributed by atoms with Crippen LogP contribution in [0.1, 0.15) is 71.6 Å². The van der Waals surface area contributed by atoms with Gasteiger partial charge in [-0.3, -0.25) is 0 Å². The number of rotatable bonds is 7. The highest BCUT2D eigenvalue weighted by Crippen LogP contribution is 2.27. The van der Waals surface area contributed by atoms with Crippen molar-refractivity contribution in [3.63, 3.8) is 0 Å². The molecule has 1 aliphatic heterocycles. The molecule has 1 heteroatoms. The summed E-state index contributed by atoms with van der Waals surface area (Å²) >= 11 is 0. The van der Waals surface area contributed by atoms with E-state index in [0.29, 0.717) is 12.2 Å². The Bertz CT molecular complexity index is 323. The second kappa shape index (κ2) is 10.0. The highest BCUT2D eigenvalue weighted by Gasteiger charge is 2.35. The number of epoxide rings is 1. The third-order valence-corrected chi connectivity index (χ3v) is 3.23. The van der Waals surface area contributed by atoms with Crippen molar-refractivity contribution >= 4 is 0 Å². The van der Waals surface area contributed by atoms with Crippen LogP contribution in [-0.2, 0) is 4.74 Å². The van der Waals surface area contributed by atoms with Crippen molar-refractivity contribution in [1.29, 1.82) is 0 Å². The fourth-order valence-electron chi connectivity index (χ4n) is 1.97. The van der Waals surface area contributed by atoms with Crippen molar-refractivity contribution in [3.8, 4) is 23.7 Å². The monoisotopic (exact) mass is 246 g/mol. The van der Waals surface area contributed by atoms with Crippen LogP contribution in [0.15, 0.2) is 0 Å². The van der Waals surface area contributed by atoms with Crippen LogP contribution in [0.25, 0.3) is 0 Å². The Hall–Kier alpha value is -0.920. The summed E-state index contributed by atoms with van der Waals surface area (Å²) in [5, 5.41) is 0. The first kappa shape index (κ1) is 15.1. The largest absolute Gasteiger partial charge is 0.369 e. The van der Waals surface area contributed by atoms with Gasteiger partial charge in [0.05, 0.1) is 18.6 Å². The molecule has 0 radical (unpaired) electrons. The Morgan fingerprint density at radius 1 is 0.833 bits per heavy atom. The minimum Gasteiger partial charge on any atom is -0.369 e. The molecule has 0 aromatic rings. The van der Waals surface area contributed by atoms with Gasteiger partial charge in [-0.1, -0.05) is 57.3 Å². The van der Waals surface area contributed by atoms with Crippen LogP contribution in [0.5, 0.6) is 0 Å². The van der Waals surface area contributed by atoms with E-state index in [1.165, 1.54) is 32.1 Å². The van der Waals surface area contributed by atoms with Crippen LogP contribution in [-0.4, -0.2) is 12.2 Å². The standard InChI is InChI=1S/C17H26O/c1-3-5-6-7-8-9-10-11-12-13-14-15-17-16(4-2)18-17/h16-17H,3-9,12,15H2,1-2H3/t16-,17+/m1/s1. The van der Waals surface area contributed by atoms with Crippen LogP contribution in [0.3, 0.4) is 0 Å². The lowest BCUT2D eigenvalue weighted by Crippen LogP contribution is -1.89. The first-order chi connectivity index (χ1) is 8.88. The van der Waals surface area contributed by atoms with E-state index in [-0.39, 0.29) is 0 Å². The molecule has 1 aliphatic rings. The molecule has 0 aromatic carbocycles. The van der Waals surface area contributed by atoms with E-state index in [0.717, 1.165) is 25.7 Å². The summed E-state index contributed by atoms with van der Waals surface area (Å²) in [6.45, 7) is 4.40. The van der Waals surface area contributed by atoms with Crippen LogP contribution < -0.4 is 0 Å². The topological polar surface area (TPSA) is 12.5 Å². The van der Waals surface area contributed by atoms with Gasteiger partial charge in [-0.05, 0) is 12.8 Å². The van der Waals surface area contributed by atoms with Crippen molar-refractivity contribution in [2.75, 3.05) is 0 Å². The second-order valence-electron chi connectivity index (χ2n) is 4.87. The van der Waals surface area contributed by atoms with Gasteiger partial charge in [-0.25, -0.2) is 0 Å². The van der Waals surface area contributed by atoms with Gasteiger partial charge in [-0.15, -0.1) is 5.92 Å². The van der Waals surface area contributed by atoms with E-state index in [1.807, 2.05) is 0 Å². The number of ether oxygens (including phenoxy) is 1. The van der Waals surface area contributed by atoms with Crippen molar-refractivity contribution in [3.05, 3.63) is 0 Å². The maximum Gasteiger partial charge on any atom is 0.0950 e. The van der Waals surface area contributed by atoms with E-state index < -0.39 is 0 Å². The van der Waals surface area contributed by atoms with Crippen molar-refractivity contribution < 1.29 is 4.74 Å². The summed E-state index contributed by atoms with van der Waals surface area (Å²) < 4.78 is 5.42. The van der Waals surface area contributed by atoms with E-state index in [9.17, 15) is 0 Å². The van der Waals surface area contributed by atoms with Crippen LogP contribution in [0.2, 0.25) is 0 Å². The molecule has 1 saturated heterocycles. The summed E-state index contributed by atoms with van der Waals surface area (Å²) in [4.78, 5) is 0. The quantitative estimate of drug-likeness (QED) is 0.370. The molecule has 1 fully saturated rings. The predicted molar refractivity (Wildman–Crippen MR) is 77.1 cm³/mol. The smallest absolute Gasteiger partial charge is 0.0950 e. The molecule has 0 aromatic heterocycles. The minimum atomic E-state index is 0.411. The molecule has 1 rings (SSSR count). The Labute approximate surface area is 113 Å². The van der Waals surface area contributed by atoms with Gasteiger partial charge >= 0.3 is 0 Å². The molecule has 0 bridgehead atoms. The van der Waals surface area contributed by atoms with Crippen LogP contribution in [0, 0.1) is 23.7 Å². The molecule has 2 atom stereocenters. The lowest BCUT2D eigenvalue weighted by molar-refractivity contribution is 0.369. The highest BCUT2D eigenvalue weighted by molar-refractivity contribution is 5.13. The number of unbranched alkanes of at least 4 members (excludes halogenated alkanes) is 5. The Morgan fingerprint density at radius 3 is 2.33 bits per heavy atom. The van der Waals surface area contributed by atoms with Gasteiger partial charge in [0.2, 0.25) is 0 Å². The molecule has 0 saturated carbocycles. The Balaban J connectivity index is 1.90. The van der Waals surface area contributed by atoms with Gasteiger partial charge < -0.3 is 4.74 Å². The van der Waals surface area contributed by atoms with Crippen molar-refractivity contribution in [1.82, 2.24) is 0 Å². The first-order valence-electron chi connectivity index (χ1n) is 7.45. The Morgan fingerprint density at radius 2 is 1.61 bits per heavy atom. The maximum absolute atomic E-state index is 5.42. The second-order valence-corrected chi connectivity index (χ2v) is 4.87. The fraction of sp³-hybridized carbons (Fsp3) is 0.765. The fourth-order valence-corrected chi connectivity index (χ4v) is 1.97. The zero-order valence-electron chi connectivity index (χ0n) is 11.9. The van der Waals surface area contributed by atoms with Crippen LogP contribution >= 0.6 is 0 Å². The zero-order chi connectivity index (χ0) is 13.1. The predicted octanol–water partition coefficient (Wildman–Crippen LogP) is 4.31. The van der Waals surface area contributed by atoms with Gasteiger partial charge in [0.25, 0.3) is 0 Å². The molecule has 0 N–H and O–H groups in total. The van der Waals surface area contributed by atoms with E-state index >= 15 is 0 Å². The SMILES string of the molecule is CCCCCCCC#CCC#CC[C@@H]1O[C@@H]1CC. The van der Waals surface area contributed by atoms with E-state index in [4.69, 9.17) is 4.74 Å². The molecule has 0 spiro atoms. The molecule has 18 heavy (non-hydrogen) atoms. The van der Waals surface area contributed by atoms with Crippen molar-refractivity contribution in [2.45, 2.75) is 83.8 Å². The van der Waals surface area contributed by atoms with E-state index in [1.54, 1.807) is 0 Å². The van der Waals surface area contributed by atoms with Crippen LogP contribution in [0.4, 0.5) is 0 Å². The van der Waals surface area contributed by atoms with Gasteiger partial charge in [0, 0.05) is 12.8 Å². The summed E-state index contributed by atoms with van der Waals surface area (Å²) in [6, 6.07) is 0. The van der Waals surface area contributed by atoms with E-state index in [2.05, 4.69) is 37.5 Å². The third-order valence-electron chi connectivity index (χ3n) is 3.23. The van der Waals surface area contributed by atoms with Gasteiger partial charge in [-0.2, -0.15) is 0 Å². The zero-order valence-corrected chi connectivity index (χ0v) is 11.9. The lowest BCUT2D eigenvalue weighted by atomic mass is 10.1. The van der Waals surface area contributed by atoms with Crippen molar-refractivity contribution in [2.24, 2.45) is 0 Å². The third kappa shape index (κ3) is 7.41. The summed E-state index contributed by atoms with van der Waals surface area (Å²) in [7, 11) is 0. The number of hydrogen-bond donors (Lipinski definition) is 0. The average Bonchev–Trinajstić information content (AvgIpc) is 3.14. The molecular weight excluding hydrogens is 220 g/mol. The van der Waals surface area contributed by atoms with Gasteiger partial charge in [0.1, 0.15) is 0 Å².